The SMILES string of the molecule is CCC1CCCC(C(N)c2cccnc2C)C1. The Morgan fingerprint density at radius 2 is 2.29 bits per heavy atom. The highest BCUT2D eigenvalue weighted by Crippen LogP contribution is 2.37. The summed E-state index contributed by atoms with van der Waals surface area (Å²) in [5.41, 5.74) is 8.79. The average Bonchev–Trinajstić information content (AvgIpc) is 2.38. The van der Waals surface area contributed by atoms with Crippen molar-refractivity contribution in [3.63, 3.8) is 0 Å². The summed E-state index contributed by atoms with van der Waals surface area (Å²) in [6.45, 7) is 4.36. The van der Waals surface area contributed by atoms with Crippen LogP contribution in [0, 0.1) is 18.8 Å². The lowest BCUT2D eigenvalue weighted by molar-refractivity contribution is 0.230. The molecule has 3 unspecified atom stereocenters. The Morgan fingerprint density at radius 1 is 1.47 bits per heavy atom. The van der Waals surface area contributed by atoms with Gasteiger partial charge >= 0.3 is 0 Å². The fourth-order valence-corrected chi connectivity index (χ4v) is 3.13. The number of aryl methyl sites for hydroxylation is 1. The van der Waals surface area contributed by atoms with E-state index in [-0.39, 0.29) is 6.04 Å². The van der Waals surface area contributed by atoms with Crippen LogP contribution < -0.4 is 5.73 Å². The van der Waals surface area contributed by atoms with E-state index in [1.54, 1.807) is 0 Å². The molecule has 3 atom stereocenters. The third kappa shape index (κ3) is 2.86. The Kier molecular flexibility index (Phi) is 4.16. The van der Waals surface area contributed by atoms with E-state index in [2.05, 4.69) is 24.9 Å². The highest BCUT2D eigenvalue weighted by molar-refractivity contribution is 5.22. The quantitative estimate of drug-likeness (QED) is 0.864. The van der Waals surface area contributed by atoms with E-state index in [0.717, 1.165) is 11.6 Å². The highest BCUT2D eigenvalue weighted by Gasteiger charge is 2.27. The van der Waals surface area contributed by atoms with Gasteiger partial charge in [0.2, 0.25) is 0 Å². The molecule has 2 nitrogen and oxygen atoms in total. The largest absolute Gasteiger partial charge is 0.324 e. The zero-order valence-corrected chi connectivity index (χ0v) is 11.0. The van der Waals surface area contributed by atoms with Crippen molar-refractivity contribution in [2.75, 3.05) is 0 Å². The van der Waals surface area contributed by atoms with Crippen molar-refractivity contribution in [2.45, 2.75) is 52.0 Å². The number of aromatic nitrogens is 1. The molecule has 0 spiro atoms. The van der Waals surface area contributed by atoms with Crippen LogP contribution >= 0.6 is 0 Å². The monoisotopic (exact) mass is 232 g/mol. The van der Waals surface area contributed by atoms with E-state index in [1.807, 2.05) is 12.3 Å². The maximum atomic E-state index is 6.45. The van der Waals surface area contributed by atoms with Gasteiger partial charge in [-0.1, -0.05) is 32.3 Å². The number of nitrogens with two attached hydrogens (primary N) is 1. The second kappa shape index (κ2) is 5.63. The van der Waals surface area contributed by atoms with E-state index in [4.69, 9.17) is 5.73 Å². The minimum absolute atomic E-state index is 0.179. The molecule has 0 aromatic carbocycles. The van der Waals surface area contributed by atoms with Crippen LogP contribution in [0.25, 0.3) is 0 Å². The fraction of sp³-hybridized carbons (Fsp3) is 0.667. The van der Waals surface area contributed by atoms with E-state index in [1.165, 1.54) is 37.7 Å². The molecule has 1 saturated carbocycles. The van der Waals surface area contributed by atoms with Crippen molar-refractivity contribution < 1.29 is 0 Å². The molecule has 1 aromatic rings. The van der Waals surface area contributed by atoms with E-state index >= 15 is 0 Å². The van der Waals surface area contributed by atoms with Crippen LogP contribution in [0.2, 0.25) is 0 Å². The summed E-state index contributed by atoms with van der Waals surface area (Å²) < 4.78 is 0. The van der Waals surface area contributed by atoms with Gasteiger partial charge in [-0.15, -0.1) is 0 Å². The van der Waals surface area contributed by atoms with Gasteiger partial charge in [0.25, 0.3) is 0 Å². The Balaban J connectivity index is 2.09. The zero-order chi connectivity index (χ0) is 12.3. The lowest BCUT2D eigenvalue weighted by Crippen LogP contribution is -2.27. The van der Waals surface area contributed by atoms with Gasteiger partial charge in [0, 0.05) is 17.9 Å². The van der Waals surface area contributed by atoms with Gasteiger partial charge in [-0.25, -0.2) is 0 Å². The second-order valence-corrected chi connectivity index (χ2v) is 5.40. The number of hydrogen-bond donors (Lipinski definition) is 1. The topological polar surface area (TPSA) is 38.9 Å². The number of hydrogen-bond acceptors (Lipinski definition) is 2. The van der Waals surface area contributed by atoms with Crippen LogP contribution in [0.5, 0.6) is 0 Å². The van der Waals surface area contributed by atoms with Gasteiger partial charge in [-0.3, -0.25) is 4.98 Å². The molecule has 17 heavy (non-hydrogen) atoms. The maximum Gasteiger partial charge on any atom is 0.0420 e. The van der Waals surface area contributed by atoms with Gasteiger partial charge in [0.1, 0.15) is 0 Å². The summed E-state index contributed by atoms with van der Waals surface area (Å²) in [6.07, 6.45) is 8.47. The van der Waals surface area contributed by atoms with Crippen molar-refractivity contribution in [1.82, 2.24) is 4.98 Å². The molecule has 0 amide bonds. The number of nitrogens with zero attached hydrogens (tertiary/aromatic N) is 1. The lowest BCUT2D eigenvalue weighted by atomic mass is 9.75. The minimum atomic E-state index is 0.179. The molecule has 1 fully saturated rings. The molecule has 2 N–H and O–H groups in total. The highest BCUT2D eigenvalue weighted by atomic mass is 14.7. The normalized spacial score (nSPS) is 26.8. The van der Waals surface area contributed by atoms with Gasteiger partial charge < -0.3 is 5.73 Å². The molecule has 94 valence electrons. The molecule has 2 heteroatoms. The molecule has 0 radical (unpaired) electrons. The van der Waals surface area contributed by atoms with Crippen molar-refractivity contribution in [3.8, 4) is 0 Å². The first kappa shape index (κ1) is 12.6. The van der Waals surface area contributed by atoms with Crippen molar-refractivity contribution in [2.24, 2.45) is 17.6 Å². The molecule has 1 aliphatic carbocycles. The standard InChI is InChI=1S/C15H24N2/c1-3-12-6-4-7-13(10-12)15(16)14-8-5-9-17-11(14)2/h5,8-9,12-13,15H,3-4,6-7,10,16H2,1-2H3. The third-order valence-electron chi connectivity index (χ3n) is 4.32. The fourth-order valence-electron chi connectivity index (χ4n) is 3.13. The Labute approximate surface area is 105 Å². The summed E-state index contributed by atoms with van der Waals surface area (Å²) in [5, 5.41) is 0. The Hall–Kier alpha value is -0.890. The molecule has 0 saturated heterocycles. The zero-order valence-electron chi connectivity index (χ0n) is 11.0. The molecule has 0 bridgehead atoms. The summed E-state index contributed by atoms with van der Waals surface area (Å²) in [4.78, 5) is 4.35. The number of pyridine rings is 1. The lowest BCUT2D eigenvalue weighted by Gasteiger charge is -2.33. The molecule has 1 heterocycles. The first-order valence-corrected chi connectivity index (χ1v) is 6.89. The summed E-state index contributed by atoms with van der Waals surface area (Å²) in [5.74, 6) is 1.54. The summed E-state index contributed by atoms with van der Waals surface area (Å²) in [7, 11) is 0. The maximum absolute atomic E-state index is 6.45. The van der Waals surface area contributed by atoms with E-state index in [9.17, 15) is 0 Å². The molecule has 1 aromatic heterocycles. The van der Waals surface area contributed by atoms with Crippen LogP contribution in [0.15, 0.2) is 18.3 Å². The molecular formula is C15H24N2. The third-order valence-corrected chi connectivity index (χ3v) is 4.32. The van der Waals surface area contributed by atoms with Gasteiger partial charge in [0.05, 0.1) is 0 Å². The van der Waals surface area contributed by atoms with E-state index in [0.29, 0.717) is 5.92 Å². The molecule has 2 rings (SSSR count). The number of rotatable bonds is 3. The van der Waals surface area contributed by atoms with Crippen LogP contribution in [0.4, 0.5) is 0 Å². The first-order valence-electron chi connectivity index (χ1n) is 6.89. The van der Waals surface area contributed by atoms with Crippen molar-refractivity contribution in [3.05, 3.63) is 29.6 Å². The predicted octanol–water partition coefficient (Wildman–Crippen LogP) is 3.61. The average molecular weight is 232 g/mol. The van der Waals surface area contributed by atoms with Gasteiger partial charge in [0.15, 0.2) is 0 Å². The first-order chi connectivity index (χ1) is 8.22. The summed E-state index contributed by atoms with van der Waals surface area (Å²) in [6, 6.07) is 4.32. The van der Waals surface area contributed by atoms with Gasteiger partial charge in [-0.05, 0) is 43.2 Å². The van der Waals surface area contributed by atoms with Crippen molar-refractivity contribution >= 4 is 0 Å². The van der Waals surface area contributed by atoms with Crippen LogP contribution in [0.1, 0.15) is 56.3 Å². The Bertz CT molecular complexity index is 362. The second-order valence-electron chi connectivity index (χ2n) is 5.40. The van der Waals surface area contributed by atoms with Crippen molar-refractivity contribution in [1.29, 1.82) is 0 Å². The Morgan fingerprint density at radius 3 is 3.00 bits per heavy atom. The van der Waals surface area contributed by atoms with E-state index < -0.39 is 0 Å². The molecular weight excluding hydrogens is 208 g/mol. The predicted molar refractivity (Wildman–Crippen MR) is 71.6 cm³/mol. The smallest absolute Gasteiger partial charge is 0.0420 e. The van der Waals surface area contributed by atoms with Crippen LogP contribution in [0.3, 0.4) is 0 Å². The van der Waals surface area contributed by atoms with Gasteiger partial charge in [-0.2, -0.15) is 0 Å². The molecule has 1 aliphatic rings. The molecule has 0 aliphatic heterocycles. The van der Waals surface area contributed by atoms with Crippen LogP contribution in [-0.2, 0) is 0 Å². The minimum Gasteiger partial charge on any atom is -0.324 e. The summed E-state index contributed by atoms with van der Waals surface area (Å²) >= 11 is 0. The van der Waals surface area contributed by atoms with Crippen LogP contribution in [-0.4, -0.2) is 4.98 Å².